The fraction of sp³-hybridized carbons (Fsp3) is 0.833. The highest BCUT2D eigenvalue weighted by molar-refractivity contribution is 5.76. The Morgan fingerprint density at radius 3 is 2.11 bits per heavy atom. The molecule has 0 aromatic rings. The second kappa shape index (κ2) is 14.4. The molecule has 3 aliphatic rings. The Hall–Kier alpha value is -1.71. The number of rotatable bonds is 3. The fourth-order valence-corrected chi connectivity index (χ4v) is 3.91. The first-order valence-corrected chi connectivity index (χ1v) is 9.64. The molecule has 0 saturated carbocycles. The summed E-state index contributed by atoms with van der Waals surface area (Å²) in [6.07, 6.45) is 7.64. The zero-order valence-corrected chi connectivity index (χ0v) is 15.8. The quantitative estimate of drug-likeness (QED) is 0.509. The van der Waals surface area contributed by atoms with E-state index in [2.05, 4.69) is 15.5 Å². The van der Waals surface area contributed by atoms with E-state index in [0.29, 0.717) is 18.5 Å². The number of carbonyl (C=O) groups excluding carboxylic acids is 1. The number of ether oxygens (including phenoxy) is 1. The second-order valence-corrected chi connectivity index (χ2v) is 6.91. The third kappa shape index (κ3) is 9.69. The minimum Gasteiger partial charge on any atom is -0.483 e. The Kier molecular flexibility index (Phi) is 12.4. The van der Waals surface area contributed by atoms with Crippen molar-refractivity contribution >= 4 is 18.9 Å². The summed E-state index contributed by atoms with van der Waals surface area (Å²) in [6, 6.07) is 1.90. The predicted molar refractivity (Wildman–Crippen MR) is 99.6 cm³/mol. The summed E-state index contributed by atoms with van der Waals surface area (Å²) >= 11 is 0. The third-order valence-corrected chi connectivity index (χ3v) is 5.24. The van der Waals surface area contributed by atoms with Crippen molar-refractivity contribution in [2.75, 3.05) is 32.8 Å². The molecule has 0 radical (unpaired) electrons. The highest BCUT2D eigenvalue weighted by Crippen LogP contribution is 2.21. The molecule has 3 saturated heterocycles. The van der Waals surface area contributed by atoms with Gasteiger partial charge in [0.2, 0.25) is 5.91 Å². The van der Waals surface area contributed by atoms with Gasteiger partial charge >= 0.3 is 0 Å². The molecule has 156 valence electrons. The van der Waals surface area contributed by atoms with E-state index in [-0.39, 0.29) is 18.9 Å². The van der Waals surface area contributed by atoms with Gasteiger partial charge in [0.25, 0.3) is 12.9 Å². The number of amides is 1. The maximum atomic E-state index is 11.4. The van der Waals surface area contributed by atoms with Crippen molar-refractivity contribution in [1.29, 1.82) is 0 Å². The van der Waals surface area contributed by atoms with Crippen LogP contribution in [0.15, 0.2) is 0 Å². The predicted octanol–water partition coefficient (Wildman–Crippen LogP) is 0.290. The SMILES string of the molecule is O=C1CCC(NC2CCN(C3CCOCC3)CC2)CCN1.O=CO.O=CO. The van der Waals surface area contributed by atoms with Gasteiger partial charge in [-0.05, 0) is 51.6 Å². The van der Waals surface area contributed by atoms with E-state index in [1.54, 1.807) is 0 Å². The van der Waals surface area contributed by atoms with Crippen LogP contribution in [0.3, 0.4) is 0 Å². The monoisotopic (exact) mass is 387 g/mol. The summed E-state index contributed by atoms with van der Waals surface area (Å²) in [6.45, 7) is 4.63. The molecular weight excluding hydrogens is 354 g/mol. The zero-order valence-electron chi connectivity index (χ0n) is 15.8. The number of nitrogens with zero attached hydrogens (tertiary/aromatic N) is 1. The van der Waals surface area contributed by atoms with Crippen LogP contribution in [0.4, 0.5) is 0 Å². The van der Waals surface area contributed by atoms with Gasteiger partial charge in [-0.15, -0.1) is 0 Å². The van der Waals surface area contributed by atoms with Crippen LogP contribution >= 0.6 is 0 Å². The summed E-state index contributed by atoms with van der Waals surface area (Å²) < 4.78 is 5.46. The number of hydrogen-bond acceptors (Lipinski definition) is 6. The fourth-order valence-electron chi connectivity index (χ4n) is 3.91. The van der Waals surface area contributed by atoms with Crippen LogP contribution in [0.5, 0.6) is 0 Å². The first-order chi connectivity index (χ1) is 13.1. The molecule has 1 amide bonds. The van der Waals surface area contributed by atoms with Crippen molar-refractivity contribution in [3.8, 4) is 0 Å². The minimum atomic E-state index is -0.250. The lowest BCUT2D eigenvalue weighted by Gasteiger charge is -2.40. The first-order valence-electron chi connectivity index (χ1n) is 9.64. The molecule has 27 heavy (non-hydrogen) atoms. The largest absolute Gasteiger partial charge is 0.483 e. The van der Waals surface area contributed by atoms with Crippen molar-refractivity contribution in [3.63, 3.8) is 0 Å². The lowest BCUT2D eigenvalue weighted by atomic mass is 9.98. The molecule has 0 aromatic carbocycles. The highest BCUT2D eigenvalue weighted by atomic mass is 16.5. The Labute approximate surface area is 160 Å². The van der Waals surface area contributed by atoms with Gasteiger partial charge in [0.05, 0.1) is 0 Å². The highest BCUT2D eigenvalue weighted by Gasteiger charge is 2.27. The van der Waals surface area contributed by atoms with E-state index in [1.165, 1.54) is 38.8 Å². The van der Waals surface area contributed by atoms with E-state index in [4.69, 9.17) is 24.5 Å². The molecule has 9 nitrogen and oxygen atoms in total. The number of carbonyl (C=O) groups is 3. The summed E-state index contributed by atoms with van der Waals surface area (Å²) in [5.74, 6) is 0.216. The normalized spacial score (nSPS) is 24.9. The zero-order chi connectivity index (χ0) is 19.9. The van der Waals surface area contributed by atoms with E-state index >= 15 is 0 Å². The molecule has 3 aliphatic heterocycles. The van der Waals surface area contributed by atoms with Gasteiger partial charge < -0.3 is 30.5 Å². The standard InChI is InChI=1S/C16H29N3O2.2CH2O2/c20-16-2-1-13(3-8-17-16)18-14-4-9-19(10-5-14)15-6-11-21-12-7-15;2*2-1-3/h13-15,18H,1-12H2,(H,17,20);2*1H,(H,2,3). The van der Waals surface area contributed by atoms with E-state index in [9.17, 15) is 4.79 Å². The number of nitrogens with one attached hydrogen (secondary N) is 2. The average Bonchev–Trinajstić information content (AvgIpc) is 2.89. The van der Waals surface area contributed by atoms with E-state index in [0.717, 1.165) is 38.6 Å². The second-order valence-electron chi connectivity index (χ2n) is 6.91. The van der Waals surface area contributed by atoms with Gasteiger partial charge in [-0.25, -0.2) is 0 Å². The third-order valence-electron chi connectivity index (χ3n) is 5.24. The average molecular weight is 387 g/mol. The molecule has 3 fully saturated rings. The smallest absolute Gasteiger partial charge is 0.290 e. The summed E-state index contributed by atoms with van der Waals surface area (Å²) in [5.41, 5.74) is 0. The first kappa shape index (κ1) is 23.3. The lowest BCUT2D eigenvalue weighted by Crippen LogP contribution is -2.50. The molecule has 1 unspecified atom stereocenters. The number of piperidine rings is 1. The Morgan fingerprint density at radius 1 is 0.963 bits per heavy atom. The van der Waals surface area contributed by atoms with Crippen LogP contribution in [0.1, 0.15) is 44.9 Å². The van der Waals surface area contributed by atoms with Gasteiger partial charge in [-0.3, -0.25) is 14.4 Å². The van der Waals surface area contributed by atoms with Gasteiger partial charge in [-0.2, -0.15) is 0 Å². The van der Waals surface area contributed by atoms with Crippen LogP contribution in [0.25, 0.3) is 0 Å². The summed E-state index contributed by atoms with van der Waals surface area (Å²) in [4.78, 5) is 30.8. The number of carboxylic acid groups (broad SMARTS) is 2. The van der Waals surface area contributed by atoms with Crippen LogP contribution in [0.2, 0.25) is 0 Å². The van der Waals surface area contributed by atoms with Gasteiger partial charge in [0.15, 0.2) is 0 Å². The molecule has 4 N–H and O–H groups in total. The van der Waals surface area contributed by atoms with Crippen molar-refractivity contribution in [3.05, 3.63) is 0 Å². The molecular formula is C18H33N3O6. The summed E-state index contributed by atoms with van der Waals surface area (Å²) in [7, 11) is 0. The number of likely N-dealkylation sites (tertiary alicyclic amines) is 1. The summed E-state index contributed by atoms with van der Waals surface area (Å²) in [5, 5.41) is 20.5. The molecule has 0 aromatic heterocycles. The van der Waals surface area contributed by atoms with Gasteiger partial charge in [0.1, 0.15) is 0 Å². The number of hydrogen-bond donors (Lipinski definition) is 4. The van der Waals surface area contributed by atoms with Crippen LogP contribution < -0.4 is 10.6 Å². The maximum absolute atomic E-state index is 11.4. The van der Waals surface area contributed by atoms with Crippen molar-refractivity contribution < 1.29 is 29.3 Å². The van der Waals surface area contributed by atoms with Gasteiger partial charge in [0, 0.05) is 44.3 Å². The van der Waals surface area contributed by atoms with Crippen molar-refractivity contribution in [2.45, 2.75) is 63.1 Å². The Balaban J connectivity index is 0.000000540. The molecule has 3 rings (SSSR count). The molecule has 0 bridgehead atoms. The molecule has 1 atom stereocenters. The molecule has 3 heterocycles. The van der Waals surface area contributed by atoms with Crippen LogP contribution in [-0.4, -0.2) is 84.9 Å². The molecule has 0 spiro atoms. The molecule has 9 heteroatoms. The Morgan fingerprint density at radius 2 is 1.52 bits per heavy atom. The Bertz CT molecular complexity index is 417. The van der Waals surface area contributed by atoms with Gasteiger partial charge in [-0.1, -0.05) is 0 Å². The van der Waals surface area contributed by atoms with Crippen LogP contribution in [0, 0.1) is 0 Å². The minimum absolute atomic E-state index is 0.216. The van der Waals surface area contributed by atoms with Crippen molar-refractivity contribution in [2.24, 2.45) is 0 Å². The van der Waals surface area contributed by atoms with E-state index in [1.807, 2.05) is 0 Å². The molecule has 0 aliphatic carbocycles. The lowest BCUT2D eigenvalue weighted by molar-refractivity contribution is -0.123. The van der Waals surface area contributed by atoms with E-state index < -0.39 is 0 Å². The van der Waals surface area contributed by atoms with Crippen LogP contribution in [-0.2, 0) is 19.1 Å². The topological polar surface area (TPSA) is 128 Å². The van der Waals surface area contributed by atoms with Crippen molar-refractivity contribution in [1.82, 2.24) is 15.5 Å². The maximum Gasteiger partial charge on any atom is 0.290 e.